The van der Waals surface area contributed by atoms with E-state index in [1.165, 1.54) is 12.1 Å². The molecule has 0 aliphatic carbocycles. The number of hydrogen-bond acceptors (Lipinski definition) is 3. The Balaban J connectivity index is 1.83. The Morgan fingerprint density at radius 3 is 2.43 bits per heavy atom. The summed E-state index contributed by atoms with van der Waals surface area (Å²) in [6.45, 7) is 1.96. The van der Waals surface area contributed by atoms with Crippen LogP contribution in [0.4, 0.5) is 10.1 Å². The predicted octanol–water partition coefficient (Wildman–Crippen LogP) is 4.49. The Morgan fingerprint density at radius 2 is 1.80 bits per heavy atom. The lowest BCUT2D eigenvalue weighted by Gasteiger charge is -2.30. The monoisotopic (exact) mass is 448 g/mol. The number of sulfonamides is 1. The number of hydrogen-bond donors (Lipinski definition) is 1. The predicted molar refractivity (Wildman–Crippen MR) is 119 cm³/mol. The zero-order valence-corrected chi connectivity index (χ0v) is 18.2. The van der Waals surface area contributed by atoms with Gasteiger partial charge < -0.3 is 5.32 Å². The maximum atomic E-state index is 13.5. The van der Waals surface area contributed by atoms with E-state index in [9.17, 15) is 17.6 Å². The second kappa shape index (κ2) is 9.02. The minimum Gasteiger partial charge on any atom is -0.350 e. The molecule has 0 heterocycles. The van der Waals surface area contributed by atoms with Gasteiger partial charge in [-0.05, 0) is 47.0 Å². The SMILES string of the molecule is CCC(C(=O)NCc1ccc2ccccc2c1)N(c1ccc(F)c(Cl)c1)S(C)(=O)=O. The van der Waals surface area contributed by atoms with Gasteiger partial charge in [0.2, 0.25) is 15.9 Å². The van der Waals surface area contributed by atoms with Gasteiger partial charge in [0.15, 0.2) is 0 Å². The summed E-state index contributed by atoms with van der Waals surface area (Å²) in [6.07, 6.45) is 1.23. The van der Waals surface area contributed by atoms with E-state index in [1.54, 1.807) is 6.92 Å². The number of benzene rings is 3. The van der Waals surface area contributed by atoms with E-state index in [1.807, 2.05) is 42.5 Å². The van der Waals surface area contributed by atoms with E-state index in [0.717, 1.165) is 33.0 Å². The maximum Gasteiger partial charge on any atom is 0.244 e. The first-order valence-electron chi connectivity index (χ1n) is 9.40. The molecular weight excluding hydrogens is 427 g/mol. The number of rotatable bonds is 7. The Hall–Kier alpha value is -2.64. The van der Waals surface area contributed by atoms with Crippen LogP contribution in [0.15, 0.2) is 60.7 Å². The molecule has 0 bridgehead atoms. The molecule has 1 N–H and O–H groups in total. The third kappa shape index (κ3) is 4.91. The average Bonchev–Trinajstić information content (AvgIpc) is 2.71. The Morgan fingerprint density at radius 1 is 1.10 bits per heavy atom. The van der Waals surface area contributed by atoms with Gasteiger partial charge in [0, 0.05) is 6.54 Å². The van der Waals surface area contributed by atoms with E-state index in [2.05, 4.69) is 5.32 Å². The van der Waals surface area contributed by atoms with Crippen molar-refractivity contribution in [1.29, 1.82) is 0 Å². The van der Waals surface area contributed by atoms with Crippen LogP contribution in [0.2, 0.25) is 5.02 Å². The van der Waals surface area contributed by atoms with Gasteiger partial charge in [-0.15, -0.1) is 0 Å². The molecule has 1 atom stereocenters. The van der Waals surface area contributed by atoms with Gasteiger partial charge >= 0.3 is 0 Å². The van der Waals surface area contributed by atoms with Gasteiger partial charge in [0.25, 0.3) is 0 Å². The van der Waals surface area contributed by atoms with Crippen LogP contribution in [0.3, 0.4) is 0 Å². The Kier molecular flexibility index (Phi) is 6.63. The molecule has 1 unspecified atom stereocenters. The molecular formula is C22H22ClFN2O3S. The second-order valence-corrected chi connectivity index (χ2v) is 9.25. The van der Waals surface area contributed by atoms with Crippen molar-refractivity contribution in [2.45, 2.75) is 25.9 Å². The van der Waals surface area contributed by atoms with E-state index in [-0.39, 0.29) is 23.7 Å². The minimum absolute atomic E-state index is 0.136. The highest BCUT2D eigenvalue weighted by molar-refractivity contribution is 7.92. The van der Waals surface area contributed by atoms with Crippen LogP contribution in [0, 0.1) is 5.82 Å². The summed E-state index contributed by atoms with van der Waals surface area (Å²) in [5, 5.41) is 4.74. The van der Waals surface area contributed by atoms with Crippen molar-refractivity contribution in [2.24, 2.45) is 0 Å². The molecule has 0 fully saturated rings. The van der Waals surface area contributed by atoms with E-state index in [4.69, 9.17) is 11.6 Å². The van der Waals surface area contributed by atoms with Crippen molar-refractivity contribution >= 4 is 44.0 Å². The van der Waals surface area contributed by atoms with Gasteiger partial charge in [-0.3, -0.25) is 9.10 Å². The molecule has 0 saturated carbocycles. The fraction of sp³-hybridized carbons (Fsp3) is 0.227. The lowest BCUT2D eigenvalue weighted by atomic mass is 10.1. The van der Waals surface area contributed by atoms with Crippen molar-refractivity contribution in [3.05, 3.63) is 77.1 Å². The van der Waals surface area contributed by atoms with Gasteiger partial charge in [-0.2, -0.15) is 0 Å². The first kappa shape index (κ1) is 22.1. The molecule has 30 heavy (non-hydrogen) atoms. The molecule has 3 aromatic rings. The highest BCUT2D eigenvalue weighted by Crippen LogP contribution is 2.27. The summed E-state index contributed by atoms with van der Waals surface area (Å²) in [7, 11) is -3.82. The fourth-order valence-corrected chi connectivity index (χ4v) is 4.72. The first-order chi connectivity index (χ1) is 14.2. The molecule has 0 spiro atoms. The summed E-state index contributed by atoms with van der Waals surface area (Å²) in [5.41, 5.74) is 1.03. The summed E-state index contributed by atoms with van der Waals surface area (Å²) in [4.78, 5) is 12.9. The van der Waals surface area contributed by atoms with Crippen molar-refractivity contribution < 1.29 is 17.6 Å². The number of fused-ring (bicyclic) bond motifs is 1. The lowest BCUT2D eigenvalue weighted by Crippen LogP contribution is -2.49. The summed E-state index contributed by atoms with van der Waals surface area (Å²) in [5.74, 6) is -1.11. The highest BCUT2D eigenvalue weighted by atomic mass is 35.5. The van der Waals surface area contributed by atoms with Crippen molar-refractivity contribution in [2.75, 3.05) is 10.6 Å². The van der Waals surface area contributed by atoms with Crippen LogP contribution in [0.5, 0.6) is 0 Å². The van der Waals surface area contributed by atoms with Crippen molar-refractivity contribution in [1.82, 2.24) is 5.32 Å². The standard InChI is InChI=1S/C22H22ClFN2O3S/c1-3-21(26(30(2,28)29)18-10-11-20(24)19(23)13-18)22(27)25-14-15-8-9-16-6-4-5-7-17(16)12-15/h4-13,21H,3,14H2,1-2H3,(H,25,27). The third-order valence-corrected chi connectivity index (χ3v) is 6.24. The number of carbonyl (C=O) groups is 1. The molecule has 3 rings (SSSR count). The van der Waals surface area contributed by atoms with Gasteiger partial charge in [0.1, 0.15) is 11.9 Å². The maximum absolute atomic E-state index is 13.5. The van der Waals surface area contributed by atoms with Crippen LogP contribution < -0.4 is 9.62 Å². The zero-order valence-electron chi connectivity index (χ0n) is 16.6. The molecule has 0 aromatic heterocycles. The molecule has 8 heteroatoms. The minimum atomic E-state index is -3.82. The molecule has 5 nitrogen and oxygen atoms in total. The average molecular weight is 449 g/mol. The van der Waals surface area contributed by atoms with E-state index >= 15 is 0 Å². The molecule has 0 aliphatic rings. The fourth-order valence-electron chi connectivity index (χ4n) is 3.34. The van der Waals surface area contributed by atoms with Crippen LogP contribution in [-0.4, -0.2) is 26.6 Å². The van der Waals surface area contributed by atoms with Crippen molar-refractivity contribution in [3.8, 4) is 0 Å². The summed E-state index contributed by atoms with van der Waals surface area (Å²) >= 11 is 5.83. The summed E-state index contributed by atoms with van der Waals surface area (Å²) in [6, 6.07) is 16.3. The third-order valence-electron chi connectivity index (χ3n) is 4.77. The van der Waals surface area contributed by atoms with Crippen LogP contribution in [0.1, 0.15) is 18.9 Å². The highest BCUT2D eigenvalue weighted by Gasteiger charge is 2.31. The number of nitrogens with zero attached hydrogens (tertiary/aromatic N) is 1. The quantitative estimate of drug-likeness (QED) is 0.579. The van der Waals surface area contributed by atoms with Crippen LogP contribution >= 0.6 is 11.6 Å². The number of nitrogens with one attached hydrogen (secondary N) is 1. The molecule has 3 aromatic carbocycles. The lowest BCUT2D eigenvalue weighted by molar-refractivity contribution is -0.122. The second-order valence-electron chi connectivity index (χ2n) is 6.98. The number of carbonyl (C=O) groups excluding carboxylic acids is 1. The van der Waals surface area contributed by atoms with E-state index < -0.39 is 27.8 Å². The molecule has 0 radical (unpaired) electrons. The first-order valence-corrected chi connectivity index (χ1v) is 11.6. The largest absolute Gasteiger partial charge is 0.350 e. The molecule has 1 amide bonds. The number of halogens is 2. The molecule has 0 aliphatic heterocycles. The number of anilines is 1. The van der Waals surface area contributed by atoms with Gasteiger partial charge in [0.05, 0.1) is 17.0 Å². The van der Waals surface area contributed by atoms with E-state index in [0.29, 0.717) is 0 Å². The van der Waals surface area contributed by atoms with Crippen LogP contribution in [-0.2, 0) is 21.4 Å². The number of amides is 1. The summed E-state index contributed by atoms with van der Waals surface area (Å²) < 4.78 is 39.4. The Labute approximate surface area is 180 Å². The zero-order chi connectivity index (χ0) is 21.9. The normalized spacial score (nSPS) is 12.5. The van der Waals surface area contributed by atoms with Crippen LogP contribution in [0.25, 0.3) is 10.8 Å². The van der Waals surface area contributed by atoms with Gasteiger partial charge in [-0.25, -0.2) is 12.8 Å². The molecule has 158 valence electrons. The Bertz CT molecular complexity index is 1180. The van der Waals surface area contributed by atoms with Crippen molar-refractivity contribution in [3.63, 3.8) is 0 Å². The topological polar surface area (TPSA) is 66.5 Å². The van der Waals surface area contributed by atoms with Gasteiger partial charge in [-0.1, -0.05) is 54.9 Å². The smallest absolute Gasteiger partial charge is 0.244 e. The molecule has 0 saturated heterocycles.